The second-order valence-electron chi connectivity index (χ2n) is 6.48. The van der Waals surface area contributed by atoms with Crippen molar-refractivity contribution >= 4 is 35.0 Å². The third-order valence-corrected chi connectivity index (χ3v) is 4.09. The molecule has 4 nitrogen and oxygen atoms in total. The van der Waals surface area contributed by atoms with Gasteiger partial charge in [0.2, 0.25) is 0 Å². The van der Waals surface area contributed by atoms with Crippen LogP contribution in [-0.2, 0) is 4.74 Å². The minimum atomic E-state index is -0.461. The zero-order valence-corrected chi connectivity index (χ0v) is 14.7. The van der Waals surface area contributed by atoms with Crippen molar-refractivity contribution in [2.45, 2.75) is 45.3 Å². The van der Waals surface area contributed by atoms with Crippen molar-refractivity contribution in [1.82, 2.24) is 4.90 Å². The maximum atomic E-state index is 12.0. The molecule has 1 saturated heterocycles. The molecule has 0 spiro atoms. The Balaban J connectivity index is 1.89. The van der Waals surface area contributed by atoms with Crippen LogP contribution in [0.4, 0.5) is 10.5 Å². The smallest absolute Gasteiger partial charge is 0.410 e. The number of rotatable bonds is 2. The average Bonchev–Trinajstić information content (AvgIpc) is 2.42. The highest BCUT2D eigenvalue weighted by Gasteiger charge is 2.27. The summed E-state index contributed by atoms with van der Waals surface area (Å²) in [5.41, 5.74) is 0.304. The van der Waals surface area contributed by atoms with Crippen molar-refractivity contribution in [3.05, 3.63) is 28.2 Å². The zero-order chi connectivity index (χ0) is 16.3. The number of benzene rings is 1. The van der Waals surface area contributed by atoms with E-state index < -0.39 is 5.60 Å². The number of halogens is 2. The molecule has 0 aliphatic carbocycles. The van der Waals surface area contributed by atoms with E-state index in [1.165, 1.54) is 0 Å². The van der Waals surface area contributed by atoms with Crippen LogP contribution in [-0.4, -0.2) is 35.7 Å². The Morgan fingerprint density at radius 1 is 1.23 bits per heavy atom. The van der Waals surface area contributed by atoms with Crippen LogP contribution >= 0.6 is 23.2 Å². The summed E-state index contributed by atoms with van der Waals surface area (Å²) < 4.78 is 5.39. The van der Waals surface area contributed by atoms with Crippen LogP contribution in [0.5, 0.6) is 0 Å². The quantitative estimate of drug-likeness (QED) is 0.837. The molecule has 0 unspecified atom stereocenters. The van der Waals surface area contributed by atoms with Gasteiger partial charge in [-0.25, -0.2) is 4.79 Å². The van der Waals surface area contributed by atoms with Gasteiger partial charge in [-0.3, -0.25) is 0 Å². The number of anilines is 1. The molecular formula is C16H22Cl2N2O2. The molecule has 122 valence electrons. The largest absolute Gasteiger partial charge is 0.444 e. The number of hydrogen-bond acceptors (Lipinski definition) is 3. The lowest BCUT2D eigenvalue weighted by atomic mass is 10.0. The minimum absolute atomic E-state index is 0.246. The third kappa shape index (κ3) is 4.68. The number of ether oxygens (including phenoxy) is 1. The maximum absolute atomic E-state index is 12.0. The van der Waals surface area contributed by atoms with Gasteiger partial charge in [-0.05, 0) is 45.7 Å². The van der Waals surface area contributed by atoms with Crippen LogP contribution in [0, 0.1) is 0 Å². The lowest BCUT2D eigenvalue weighted by Crippen LogP contribution is -2.44. The molecule has 2 rings (SSSR count). The normalized spacial score (nSPS) is 16.5. The van der Waals surface area contributed by atoms with Gasteiger partial charge in [-0.2, -0.15) is 0 Å². The van der Waals surface area contributed by atoms with Gasteiger partial charge >= 0.3 is 6.09 Å². The predicted octanol–water partition coefficient (Wildman–Crippen LogP) is 4.80. The molecule has 1 aliphatic heterocycles. The molecule has 0 aromatic heterocycles. The maximum Gasteiger partial charge on any atom is 0.410 e. The Morgan fingerprint density at radius 3 is 2.27 bits per heavy atom. The first-order valence-electron chi connectivity index (χ1n) is 7.45. The molecule has 0 radical (unpaired) electrons. The van der Waals surface area contributed by atoms with Crippen LogP contribution in [0.3, 0.4) is 0 Å². The van der Waals surface area contributed by atoms with Crippen LogP contribution in [0.25, 0.3) is 0 Å². The van der Waals surface area contributed by atoms with E-state index in [0.717, 1.165) is 18.5 Å². The molecule has 1 fully saturated rings. The van der Waals surface area contributed by atoms with Crippen molar-refractivity contribution in [3.63, 3.8) is 0 Å². The number of carbonyl (C=O) groups is 1. The number of carbonyl (C=O) groups excluding carboxylic acids is 1. The minimum Gasteiger partial charge on any atom is -0.444 e. The van der Waals surface area contributed by atoms with E-state index in [0.29, 0.717) is 23.1 Å². The highest BCUT2D eigenvalue weighted by molar-refractivity contribution is 6.39. The lowest BCUT2D eigenvalue weighted by molar-refractivity contribution is 0.0210. The Bertz CT molecular complexity index is 515. The Hall–Kier alpha value is -1.13. The summed E-state index contributed by atoms with van der Waals surface area (Å²) in [4.78, 5) is 13.8. The van der Waals surface area contributed by atoms with Gasteiger partial charge in [0.25, 0.3) is 0 Å². The topological polar surface area (TPSA) is 41.6 Å². The second-order valence-corrected chi connectivity index (χ2v) is 7.30. The van der Waals surface area contributed by atoms with Gasteiger partial charge in [0.05, 0.1) is 15.7 Å². The molecule has 0 bridgehead atoms. The van der Waals surface area contributed by atoms with E-state index in [9.17, 15) is 4.79 Å². The number of para-hydroxylation sites is 1. The lowest BCUT2D eigenvalue weighted by Gasteiger charge is -2.34. The summed E-state index contributed by atoms with van der Waals surface area (Å²) in [6, 6.07) is 5.69. The summed E-state index contributed by atoms with van der Waals surface area (Å²) >= 11 is 12.3. The summed E-state index contributed by atoms with van der Waals surface area (Å²) in [5, 5.41) is 4.61. The van der Waals surface area contributed by atoms with Crippen molar-refractivity contribution < 1.29 is 9.53 Å². The standard InChI is InChI=1S/C16H22Cl2N2O2/c1-16(2,3)22-15(21)20-9-7-11(8-10-20)19-14-12(17)5-4-6-13(14)18/h4-6,11,19H,7-10H2,1-3H3. The van der Waals surface area contributed by atoms with Gasteiger partial charge in [0.15, 0.2) is 0 Å². The number of likely N-dealkylation sites (tertiary alicyclic amines) is 1. The van der Waals surface area contributed by atoms with Crippen molar-refractivity contribution in [3.8, 4) is 0 Å². The fourth-order valence-electron chi connectivity index (χ4n) is 2.37. The highest BCUT2D eigenvalue weighted by atomic mass is 35.5. The van der Waals surface area contributed by atoms with E-state index in [-0.39, 0.29) is 12.1 Å². The number of nitrogens with one attached hydrogen (secondary N) is 1. The molecular weight excluding hydrogens is 323 g/mol. The molecule has 0 atom stereocenters. The van der Waals surface area contributed by atoms with Crippen LogP contribution in [0.1, 0.15) is 33.6 Å². The second kappa shape index (κ2) is 6.97. The fraction of sp³-hybridized carbons (Fsp3) is 0.562. The molecule has 1 amide bonds. The first-order chi connectivity index (χ1) is 10.3. The summed E-state index contributed by atoms with van der Waals surface area (Å²) in [5.74, 6) is 0. The van der Waals surface area contributed by atoms with Gasteiger partial charge in [-0.1, -0.05) is 29.3 Å². The number of hydrogen-bond donors (Lipinski definition) is 1. The first-order valence-corrected chi connectivity index (χ1v) is 8.20. The van der Waals surface area contributed by atoms with Crippen molar-refractivity contribution in [2.75, 3.05) is 18.4 Å². The molecule has 6 heteroatoms. The SMILES string of the molecule is CC(C)(C)OC(=O)N1CCC(Nc2c(Cl)cccc2Cl)CC1. The van der Waals surface area contributed by atoms with Gasteiger partial charge < -0.3 is 15.0 Å². The van der Waals surface area contributed by atoms with E-state index >= 15 is 0 Å². The third-order valence-electron chi connectivity index (χ3n) is 3.46. The Kier molecular flexibility index (Phi) is 5.45. The van der Waals surface area contributed by atoms with E-state index in [2.05, 4.69) is 5.32 Å². The van der Waals surface area contributed by atoms with E-state index in [1.54, 1.807) is 4.90 Å². The van der Waals surface area contributed by atoms with Crippen LogP contribution < -0.4 is 5.32 Å². The first kappa shape index (κ1) is 17.2. The molecule has 1 N–H and O–H groups in total. The Labute approximate surface area is 141 Å². The number of nitrogens with zero attached hydrogens (tertiary/aromatic N) is 1. The van der Waals surface area contributed by atoms with Gasteiger partial charge in [-0.15, -0.1) is 0 Å². The predicted molar refractivity (Wildman–Crippen MR) is 90.9 cm³/mol. The highest BCUT2D eigenvalue weighted by Crippen LogP contribution is 2.31. The van der Waals surface area contributed by atoms with Crippen molar-refractivity contribution in [2.24, 2.45) is 0 Å². The zero-order valence-electron chi connectivity index (χ0n) is 13.2. The summed E-state index contributed by atoms with van der Waals surface area (Å²) in [7, 11) is 0. The van der Waals surface area contributed by atoms with E-state index in [1.807, 2.05) is 39.0 Å². The van der Waals surface area contributed by atoms with E-state index in [4.69, 9.17) is 27.9 Å². The molecule has 1 aromatic rings. The molecule has 22 heavy (non-hydrogen) atoms. The van der Waals surface area contributed by atoms with Gasteiger partial charge in [0.1, 0.15) is 5.60 Å². The van der Waals surface area contributed by atoms with Crippen LogP contribution in [0.15, 0.2) is 18.2 Å². The summed E-state index contributed by atoms with van der Waals surface area (Å²) in [6.07, 6.45) is 1.42. The molecule has 0 saturated carbocycles. The molecule has 1 heterocycles. The monoisotopic (exact) mass is 344 g/mol. The Morgan fingerprint density at radius 2 is 1.77 bits per heavy atom. The summed E-state index contributed by atoms with van der Waals surface area (Å²) in [6.45, 7) is 6.94. The molecule has 1 aromatic carbocycles. The van der Waals surface area contributed by atoms with Crippen molar-refractivity contribution in [1.29, 1.82) is 0 Å². The van der Waals surface area contributed by atoms with Gasteiger partial charge in [0, 0.05) is 19.1 Å². The molecule has 1 aliphatic rings. The number of amides is 1. The van der Waals surface area contributed by atoms with Crippen LogP contribution in [0.2, 0.25) is 10.0 Å². The average molecular weight is 345 g/mol. The number of piperidine rings is 1. The fourth-order valence-corrected chi connectivity index (χ4v) is 2.88.